The number of amides is 1. The zero-order valence-corrected chi connectivity index (χ0v) is 14.5. The van der Waals surface area contributed by atoms with Crippen LogP contribution in [0.15, 0.2) is 54.6 Å². The molecule has 132 valence electrons. The molecule has 0 aromatic heterocycles. The van der Waals surface area contributed by atoms with Crippen LogP contribution in [0.1, 0.15) is 36.8 Å². The predicted octanol–water partition coefficient (Wildman–Crippen LogP) is 3.40. The Morgan fingerprint density at radius 2 is 1.84 bits per heavy atom. The highest BCUT2D eigenvalue weighted by Gasteiger charge is 2.25. The van der Waals surface area contributed by atoms with Crippen molar-refractivity contribution in [3.8, 4) is 5.75 Å². The average Bonchev–Trinajstić information content (AvgIpc) is 2.66. The molecule has 1 aliphatic rings. The van der Waals surface area contributed by atoms with E-state index >= 15 is 0 Å². The SMILES string of the molecule is N[C@H]1CCC[C@@H](C(=O)NCc2ccccc2OCc2ccccc2)C1. The van der Waals surface area contributed by atoms with E-state index in [4.69, 9.17) is 10.5 Å². The Hall–Kier alpha value is -2.33. The summed E-state index contributed by atoms with van der Waals surface area (Å²) in [6.45, 7) is 0.999. The number of benzene rings is 2. The van der Waals surface area contributed by atoms with Crippen LogP contribution < -0.4 is 15.8 Å². The Bertz CT molecular complexity index is 687. The van der Waals surface area contributed by atoms with Gasteiger partial charge in [0.1, 0.15) is 12.4 Å². The van der Waals surface area contributed by atoms with Gasteiger partial charge in [-0.3, -0.25) is 4.79 Å². The number of nitrogens with two attached hydrogens (primary N) is 1. The van der Waals surface area contributed by atoms with Gasteiger partial charge in [0.2, 0.25) is 5.91 Å². The number of carbonyl (C=O) groups excluding carboxylic acids is 1. The Kier molecular flexibility index (Phi) is 6.07. The van der Waals surface area contributed by atoms with Crippen LogP contribution in [0.25, 0.3) is 0 Å². The first-order valence-electron chi connectivity index (χ1n) is 9.00. The van der Waals surface area contributed by atoms with Gasteiger partial charge in [-0.2, -0.15) is 0 Å². The summed E-state index contributed by atoms with van der Waals surface area (Å²) in [6, 6.07) is 18.1. The van der Waals surface area contributed by atoms with Crippen LogP contribution in [0.4, 0.5) is 0 Å². The maximum absolute atomic E-state index is 12.4. The van der Waals surface area contributed by atoms with Crippen LogP contribution in [0.2, 0.25) is 0 Å². The minimum absolute atomic E-state index is 0.0427. The molecule has 2 aromatic carbocycles. The van der Waals surface area contributed by atoms with E-state index in [1.807, 2.05) is 54.6 Å². The molecule has 1 fully saturated rings. The zero-order chi connectivity index (χ0) is 17.5. The minimum atomic E-state index is 0.0427. The topological polar surface area (TPSA) is 64.4 Å². The lowest BCUT2D eigenvalue weighted by Gasteiger charge is -2.25. The Labute approximate surface area is 149 Å². The number of nitrogens with one attached hydrogen (secondary N) is 1. The first-order chi connectivity index (χ1) is 12.2. The van der Waals surface area contributed by atoms with Crippen molar-refractivity contribution in [2.24, 2.45) is 11.7 Å². The molecule has 1 amide bonds. The number of carbonyl (C=O) groups is 1. The molecule has 0 aliphatic heterocycles. The number of rotatable bonds is 6. The van der Waals surface area contributed by atoms with E-state index in [0.29, 0.717) is 13.2 Å². The molecule has 0 bridgehead atoms. The van der Waals surface area contributed by atoms with E-state index in [1.54, 1.807) is 0 Å². The van der Waals surface area contributed by atoms with Gasteiger partial charge in [0.05, 0.1) is 0 Å². The van der Waals surface area contributed by atoms with E-state index in [1.165, 1.54) is 0 Å². The summed E-state index contributed by atoms with van der Waals surface area (Å²) in [6.07, 6.45) is 3.79. The highest BCUT2D eigenvalue weighted by molar-refractivity contribution is 5.78. The van der Waals surface area contributed by atoms with E-state index in [2.05, 4.69) is 5.32 Å². The third-order valence-electron chi connectivity index (χ3n) is 4.75. The van der Waals surface area contributed by atoms with Gasteiger partial charge in [0.25, 0.3) is 0 Å². The van der Waals surface area contributed by atoms with Gasteiger partial charge in [-0.15, -0.1) is 0 Å². The van der Waals surface area contributed by atoms with Crippen molar-refractivity contribution in [3.63, 3.8) is 0 Å². The van der Waals surface area contributed by atoms with Gasteiger partial charge < -0.3 is 15.8 Å². The highest BCUT2D eigenvalue weighted by Crippen LogP contribution is 2.24. The molecule has 2 aromatic rings. The van der Waals surface area contributed by atoms with E-state index < -0.39 is 0 Å². The highest BCUT2D eigenvalue weighted by atomic mass is 16.5. The molecule has 2 atom stereocenters. The summed E-state index contributed by atoms with van der Waals surface area (Å²) in [5, 5.41) is 3.05. The molecule has 3 rings (SSSR count). The molecule has 0 unspecified atom stereocenters. The summed E-state index contributed by atoms with van der Waals surface area (Å²) >= 11 is 0. The van der Waals surface area contributed by atoms with Crippen LogP contribution in [0.5, 0.6) is 5.75 Å². The first kappa shape index (κ1) is 17.5. The van der Waals surface area contributed by atoms with Gasteiger partial charge in [-0.05, 0) is 30.9 Å². The van der Waals surface area contributed by atoms with Gasteiger partial charge in [0, 0.05) is 24.1 Å². The molecule has 0 heterocycles. The molecule has 0 spiro atoms. The van der Waals surface area contributed by atoms with E-state index in [-0.39, 0.29) is 17.9 Å². The van der Waals surface area contributed by atoms with Gasteiger partial charge in [-0.1, -0.05) is 55.0 Å². The van der Waals surface area contributed by atoms with Crippen molar-refractivity contribution in [1.82, 2.24) is 5.32 Å². The van der Waals surface area contributed by atoms with Gasteiger partial charge in [0.15, 0.2) is 0 Å². The second kappa shape index (κ2) is 8.67. The maximum Gasteiger partial charge on any atom is 0.223 e. The summed E-state index contributed by atoms with van der Waals surface area (Å²) in [5.41, 5.74) is 8.10. The Morgan fingerprint density at radius 3 is 2.64 bits per heavy atom. The number of ether oxygens (including phenoxy) is 1. The summed E-state index contributed by atoms with van der Waals surface area (Å²) in [5.74, 6) is 0.959. The van der Waals surface area contributed by atoms with Crippen LogP contribution in [-0.2, 0) is 17.9 Å². The third-order valence-corrected chi connectivity index (χ3v) is 4.75. The smallest absolute Gasteiger partial charge is 0.223 e. The normalized spacial score (nSPS) is 20.0. The molecule has 4 nitrogen and oxygen atoms in total. The van der Waals surface area contributed by atoms with Crippen molar-refractivity contribution >= 4 is 5.91 Å². The summed E-state index contributed by atoms with van der Waals surface area (Å²) < 4.78 is 5.95. The zero-order valence-electron chi connectivity index (χ0n) is 14.5. The van der Waals surface area contributed by atoms with Crippen LogP contribution >= 0.6 is 0 Å². The molecule has 1 aliphatic carbocycles. The fourth-order valence-corrected chi connectivity index (χ4v) is 3.32. The third kappa shape index (κ3) is 5.07. The standard InChI is InChI=1S/C21H26N2O2/c22-19-11-6-10-17(13-19)21(24)23-14-18-9-4-5-12-20(18)25-15-16-7-2-1-3-8-16/h1-5,7-9,12,17,19H,6,10-11,13-15,22H2,(H,23,24)/t17-,19+/m1/s1. The molecular formula is C21H26N2O2. The van der Waals surface area contributed by atoms with Gasteiger partial charge in [-0.25, -0.2) is 0 Å². The maximum atomic E-state index is 12.4. The fraction of sp³-hybridized carbons (Fsp3) is 0.381. The lowest BCUT2D eigenvalue weighted by atomic mass is 9.85. The molecule has 0 radical (unpaired) electrons. The van der Waals surface area contributed by atoms with Crippen molar-refractivity contribution < 1.29 is 9.53 Å². The first-order valence-corrected chi connectivity index (χ1v) is 9.00. The predicted molar refractivity (Wildman–Crippen MR) is 99.0 cm³/mol. The largest absolute Gasteiger partial charge is 0.489 e. The summed E-state index contributed by atoms with van der Waals surface area (Å²) in [4.78, 5) is 12.4. The van der Waals surface area contributed by atoms with Crippen molar-refractivity contribution in [1.29, 1.82) is 0 Å². The number of para-hydroxylation sites is 1. The molecule has 1 saturated carbocycles. The van der Waals surface area contributed by atoms with Crippen molar-refractivity contribution in [2.75, 3.05) is 0 Å². The quantitative estimate of drug-likeness (QED) is 0.848. The summed E-state index contributed by atoms with van der Waals surface area (Å²) in [7, 11) is 0. The van der Waals surface area contributed by atoms with Crippen LogP contribution in [-0.4, -0.2) is 11.9 Å². The van der Waals surface area contributed by atoms with Crippen molar-refractivity contribution in [2.45, 2.75) is 44.9 Å². The molecule has 3 N–H and O–H groups in total. The Balaban J connectivity index is 1.56. The number of hydrogen-bond donors (Lipinski definition) is 2. The second-order valence-electron chi connectivity index (χ2n) is 6.72. The second-order valence-corrected chi connectivity index (χ2v) is 6.72. The molecule has 25 heavy (non-hydrogen) atoms. The van der Waals surface area contributed by atoms with Gasteiger partial charge >= 0.3 is 0 Å². The molecule has 4 heteroatoms. The van der Waals surface area contributed by atoms with E-state index in [9.17, 15) is 4.79 Å². The van der Waals surface area contributed by atoms with Crippen LogP contribution in [0.3, 0.4) is 0 Å². The molecular weight excluding hydrogens is 312 g/mol. The lowest BCUT2D eigenvalue weighted by molar-refractivity contribution is -0.126. The fourth-order valence-electron chi connectivity index (χ4n) is 3.32. The lowest BCUT2D eigenvalue weighted by Crippen LogP contribution is -2.37. The molecule has 0 saturated heterocycles. The van der Waals surface area contributed by atoms with E-state index in [0.717, 1.165) is 42.6 Å². The van der Waals surface area contributed by atoms with Crippen molar-refractivity contribution in [3.05, 3.63) is 65.7 Å². The minimum Gasteiger partial charge on any atom is -0.489 e. The average molecular weight is 338 g/mol. The number of hydrogen-bond acceptors (Lipinski definition) is 3. The monoisotopic (exact) mass is 338 g/mol. The Morgan fingerprint density at radius 1 is 1.08 bits per heavy atom. The van der Waals surface area contributed by atoms with Crippen LogP contribution in [0, 0.1) is 5.92 Å².